The second kappa shape index (κ2) is 7.67. The van der Waals surface area contributed by atoms with E-state index in [1.807, 2.05) is 30.3 Å². The number of rotatable bonds is 6. The van der Waals surface area contributed by atoms with E-state index in [-0.39, 0.29) is 11.9 Å². The number of nitrogens with one attached hydrogen (secondary N) is 1. The topological polar surface area (TPSA) is 93.8 Å². The quantitative estimate of drug-likeness (QED) is 0.693. The third kappa shape index (κ3) is 4.03. The zero-order chi connectivity index (χ0) is 18.6. The van der Waals surface area contributed by atoms with E-state index in [1.165, 1.54) is 23.7 Å². The van der Waals surface area contributed by atoms with E-state index in [0.29, 0.717) is 12.2 Å². The number of carbonyl (C=O) groups excluding carboxylic acids is 1. The van der Waals surface area contributed by atoms with Crippen molar-refractivity contribution in [3.8, 4) is 0 Å². The zero-order valence-corrected chi connectivity index (χ0v) is 15.2. The zero-order valence-electron chi connectivity index (χ0n) is 15.2. The van der Waals surface area contributed by atoms with Crippen molar-refractivity contribution in [2.75, 3.05) is 13.1 Å². The highest BCUT2D eigenvalue weighted by Gasteiger charge is 2.25. The molecule has 1 aliphatic rings. The standard InChI is InChI=1S/C18H22N8O/c1-24-10-14(8-23-24)11-25-12-15(26-16(13-25)3-5-22-26)2-4-21-18(27)17-9-19-6-7-20-17/h3,5-10,15H,2,4,11-13H2,1H3,(H,21,27). The lowest BCUT2D eigenvalue weighted by Crippen LogP contribution is -2.39. The third-order valence-corrected chi connectivity index (χ3v) is 4.68. The summed E-state index contributed by atoms with van der Waals surface area (Å²) in [5, 5.41) is 11.6. The van der Waals surface area contributed by atoms with E-state index in [1.54, 1.807) is 6.20 Å². The van der Waals surface area contributed by atoms with Gasteiger partial charge in [0, 0.05) is 63.6 Å². The summed E-state index contributed by atoms with van der Waals surface area (Å²) in [6, 6.07) is 2.27. The molecule has 9 heteroatoms. The normalized spacial score (nSPS) is 16.9. The van der Waals surface area contributed by atoms with Gasteiger partial charge in [0.2, 0.25) is 0 Å². The van der Waals surface area contributed by atoms with Gasteiger partial charge in [-0.2, -0.15) is 10.2 Å². The SMILES string of the molecule is Cn1cc(CN2Cc3ccnn3C(CCNC(=O)c3cnccn3)C2)cn1. The molecule has 4 heterocycles. The molecule has 1 N–H and O–H groups in total. The smallest absolute Gasteiger partial charge is 0.271 e. The first-order chi connectivity index (χ1) is 13.2. The van der Waals surface area contributed by atoms with Crippen molar-refractivity contribution >= 4 is 5.91 Å². The van der Waals surface area contributed by atoms with Gasteiger partial charge in [-0.15, -0.1) is 0 Å². The average Bonchev–Trinajstić information content (AvgIpc) is 3.31. The summed E-state index contributed by atoms with van der Waals surface area (Å²) in [6.07, 6.45) is 11.1. The molecular formula is C18H22N8O. The molecule has 0 saturated carbocycles. The van der Waals surface area contributed by atoms with Gasteiger partial charge < -0.3 is 5.32 Å². The number of nitrogens with zero attached hydrogens (tertiary/aromatic N) is 7. The average molecular weight is 366 g/mol. The van der Waals surface area contributed by atoms with Crippen molar-refractivity contribution in [3.05, 3.63) is 60.2 Å². The molecule has 140 valence electrons. The van der Waals surface area contributed by atoms with Crippen LogP contribution in [0.3, 0.4) is 0 Å². The first kappa shape index (κ1) is 17.3. The maximum Gasteiger partial charge on any atom is 0.271 e. The van der Waals surface area contributed by atoms with Crippen molar-refractivity contribution in [2.45, 2.75) is 25.6 Å². The van der Waals surface area contributed by atoms with Crippen LogP contribution in [0.4, 0.5) is 0 Å². The van der Waals surface area contributed by atoms with Gasteiger partial charge in [0.1, 0.15) is 5.69 Å². The highest BCUT2D eigenvalue weighted by atomic mass is 16.1. The predicted molar refractivity (Wildman–Crippen MR) is 97.6 cm³/mol. The first-order valence-electron chi connectivity index (χ1n) is 8.95. The lowest BCUT2D eigenvalue weighted by molar-refractivity contribution is 0.0941. The van der Waals surface area contributed by atoms with Crippen molar-refractivity contribution < 1.29 is 4.79 Å². The summed E-state index contributed by atoms with van der Waals surface area (Å²) in [4.78, 5) is 22.5. The minimum Gasteiger partial charge on any atom is -0.351 e. The Morgan fingerprint density at radius 2 is 2.19 bits per heavy atom. The van der Waals surface area contributed by atoms with E-state index < -0.39 is 0 Å². The summed E-state index contributed by atoms with van der Waals surface area (Å²) < 4.78 is 3.90. The molecule has 0 fully saturated rings. The van der Waals surface area contributed by atoms with E-state index >= 15 is 0 Å². The molecule has 1 unspecified atom stereocenters. The van der Waals surface area contributed by atoms with E-state index in [4.69, 9.17) is 0 Å². The largest absolute Gasteiger partial charge is 0.351 e. The molecule has 0 radical (unpaired) electrons. The summed E-state index contributed by atoms with van der Waals surface area (Å²) in [6.45, 7) is 3.14. The van der Waals surface area contributed by atoms with E-state index in [9.17, 15) is 4.79 Å². The van der Waals surface area contributed by atoms with E-state index in [2.05, 4.69) is 41.1 Å². The number of aromatic nitrogens is 6. The first-order valence-corrected chi connectivity index (χ1v) is 8.95. The third-order valence-electron chi connectivity index (χ3n) is 4.68. The fraction of sp³-hybridized carbons (Fsp3) is 0.389. The number of hydrogen-bond acceptors (Lipinski definition) is 6. The minimum absolute atomic E-state index is 0.202. The second-order valence-corrected chi connectivity index (χ2v) is 6.75. The molecule has 1 atom stereocenters. The number of aryl methyl sites for hydroxylation is 1. The lowest BCUT2D eigenvalue weighted by atomic mass is 10.1. The molecule has 1 aliphatic heterocycles. The molecule has 3 aromatic rings. The van der Waals surface area contributed by atoms with Gasteiger partial charge in [-0.1, -0.05) is 0 Å². The molecule has 1 amide bonds. The molecule has 3 aromatic heterocycles. The number of carbonyl (C=O) groups is 1. The Morgan fingerprint density at radius 3 is 2.96 bits per heavy atom. The Balaban J connectivity index is 1.37. The van der Waals surface area contributed by atoms with Crippen LogP contribution < -0.4 is 5.32 Å². The van der Waals surface area contributed by atoms with Crippen LogP contribution in [0.25, 0.3) is 0 Å². The Kier molecular flexibility index (Phi) is 4.93. The summed E-state index contributed by atoms with van der Waals surface area (Å²) in [7, 11) is 1.93. The monoisotopic (exact) mass is 366 g/mol. The minimum atomic E-state index is -0.202. The molecule has 0 bridgehead atoms. The van der Waals surface area contributed by atoms with Crippen LogP contribution in [0.15, 0.2) is 43.2 Å². The van der Waals surface area contributed by atoms with Gasteiger partial charge >= 0.3 is 0 Å². The van der Waals surface area contributed by atoms with Gasteiger partial charge in [0.15, 0.2) is 0 Å². The van der Waals surface area contributed by atoms with Crippen LogP contribution >= 0.6 is 0 Å². The maximum absolute atomic E-state index is 12.1. The molecule has 0 aromatic carbocycles. The van der Waals surface area contributed by atoms with Crippen molar-refractivity contribution in [2.24, 2.45) is 7.05 Å². The van der Waals surface area contributed by atoms with Crippen molar-refractivity contribution in [1.82, 2.24) is 39.7 Å². The van der Waals surface area contributed by atoms with Gasteiger partial charge in [-0.25, -0.2) is 4.98 Å². The molecule has 0 saturated heterocycles. The van der Waals surface area contributed by atoms with Gasteiger partial charge in [-0.05, 0) is 12.5 Å². The maximum atomic E-state index is 12.1. The summed E-state index contributed by atoms with van der Waals surface area (Å²) in [5.74, 6) is -0.202. The van der Waals surface area contributed by atoms with Crippen LogP contribution in [-0.2, 0) is 20.1 Å². The molecule has 27 heavy (non-hydrogen) atoms. The molecule has 4 rings (SSSR count). The van der Waals surface area contributed by atoms with Crippen molar-refractivity contribution in [1.29, 1.82) is 0 Å². The highest BCUT2D eigenvalue weighted by molar-refractivity contribution is 5.91. The van der Waals surface area contributed by atoms with Crippen LogP contribution in [0.2, 0.25) is 0 Å². The number of fused-ring (bicyclic) bond motifs is 1. The summed E-state index contributed by atoms with van der Waals surface area (Å²) in [5.41, 5.74) is 2.72. The number of hydrogen-bond donors (Lipinski definition) is 1. The highest BCUT2D eigenvalue weighted by Crippen LogP contribution is 2.24. The van der Waals surface area contributed by atoms with Crippen molar-refractivity contribution in [3.63, 3.8) is 0 Å². The molecule has 0 aliphatic carbocycles. The predicted octanol–water partition coefficient (Wildman–Crippen LogP) is 0.784. The Hall–Kier alpha value is -3.07. The molecule has 0 spiro atoms. The molecule has 9 nitrogen and oxygen atoms in total. The summed E-state index contributed by atoms with van der Waals surface area (Å²) >= 11 is 0. The Labute approximate surface area is 157 Å². The fourth-order valence-electron chi connectivity index (χ4n) is 3.47. The lowest BCUT2D eigenvalue weighted by Gasteiger charge is -2.33. The van der Waals surface area contributed by atoms with Crippen LogP contribution in [0.1, 0.15) is 34.2 Å². The van der Waals surface area contributed by atoms with E-state index in [0.717, 1.165) is 26.1 Å². The Bertz CT molecular complexity index is 903. The van der Waals surface area contributed by atoms with Crippen LogP contribution in [0, 0.1) is 0 Å². The molecular weight excluding hydrogens is 344 g/mol. The van der Waals surface area contributed by atoms with Crippen LogP contribution in [-0.4, -0.2) is 53.4 Å². The second-order valence-electron chi connectivity index (χ2n) is 6.75. The fourth-order valence-corrected chi connectivity index (χ4v) is 3.47. The van der Waals surface area contributed by atoms with Crippen LogP contribution in [0.5, 0.6) is 0 Å². The van der Waals surface area contributed by atoms with Gasteiger partial charge in [0.25, 0.3) is 5.91 Å². The van der Waals surface area contributed by atoms with Gasteiger partial charge in [0.05, 0.1) is 24.1 Å². The van der Waals surface area contributed by atoms with Gasteiger partial charge in [-0.3, -0.25) is 24.0 Å². The Morgan fingerprint density at radius 1 is 1.26 bits per heavy atom. The number of amides is 1.